The second-order valence-electron chi connectivity index (χ2n) is 8.14. The summed E-state index contributed by atoms with van der Waals surface area (Å²) in [5, 5.41) is 14.9. The number of amides is 3. The molecule has 3 amide bonds. The van der Waals surface area contributed by atoms with E-state index in [0.29, 0.717) is 6.04 Å². The Balaban J connectivity index is 1.68. The minimum Gasteiger partial charge on any atom is -0.357 e. The molecule has 1 aliphatic carbocycles. The largest absolute Gasteiger partial charge is 0.357 e. The topological polar surface area (TPSA) is 111 Å². The molecule has 172 valence electrons. The summed E-state index contributed by atoms with van der Waals surface area (Å²) < 4.78 is 0. The molecular formula is C25H28N4O4. The van der Waals surface area contributed by atoms with Gasteiger partial charge >= 0.3 is 0 Å². The van der Waals surface area contributed by atoms with Gasteiger partial charge in [-0.15, -0.1) is 0 Å². The Hall–Kier alpha value is -3.67. The van der Waals surface area contributed by atoms with Crippen LogP contribution in [0.5, 0.6) is 0 Å². The van der Waals surface area contributed by atoms with Crippen molar-refractivity contribution in [2.75, 3.05) is 14.1 Å². The molecule has 4 N–H and O–H groups in total. The number of carbonyl (C=O) groups is 3. The van der Waals surface area contributed by atoms with Crippen molar-refractivity contribution in [2.45, 2.75) is 37.9 Å². The summed E-state index contributed by atoms with van der Waals surface area (Å²) in [4.78, 5) is 38.3. The van der Waals surface area contributed by atoms with E-state index in [1.165, 1.54) is 44.9 Å². The van der Waals surface area contributed by atoms with Crippen molar-refractivity contribution in [2.24, 2.45) is 0 Å². The molecule has 1 atom stereocenters. The van der Waals surface area contributed by atoms with Crippen molar-refractivity contribution in [1.82, 2.24) is 21.0 Å². The maximum atomic E-state index is 12.9. The number of benzene rings is 2. The van der Waals surface area contributed by atoms with Crippen molar-refractivity contribution >= 4 is 17.7 Å². The summed E-state index contributed by atoms with van der Waals surface area (Å²) in [6, 6.07) is 15.3. The van der Waals surface area contributed by atoms with Crippen LogP contribution in [0.15, 0.2) is 48.5 Å². The number of hydrogen-bond acceptors (Lipinski definition) is 5. The maximum Gasteiger partial charge on any atom is 0.278 e. The second-order valence-corrected chi connectivity index (χ2v) is 8.14. The van der Waals surface area contributed by atoms with Crippen LogP contribution in [0.3, 0.4) is 0 Å². The van der Waals surface area contributed by atoms with E-state index in [-0.39, 0.29) is 5.56 Å². The smallest absolute Gasteiger partial charge is 0.278 e. The highest BCUT2D eigenvalue weighted by Gasteiger charge is 2.47. The molecule has 0 bridgehead atoms. The van der Waals surface area contributed by atoms with Gasteiger partial charge in [0.15, 0.2) is 5.54 Å². The molecule has 0 heterocycles. The number of carbonyl (C=O) groups excluding carboxylic acids is 3. The lowest BCUT2D eigenvalue weighted by atomic mass is 9.96. The molecule has 2 aromatic carbocycles. The van der Waals surface area contributed by atoms with Gasteiger partial charge in [-0.3, -0.25) is 19.6 Å². The predicted molar refractivity (Wildman–Crippen MR) is 123 cm³/mol. The fraction of sp³-hybridized carbons (Fsp3) is 0.320. The van der Waals surface area contributed by atoms with Crippen LogP contribution in [0, 0.1) is 11.8 Å². The summed E-state index contributed by atoms with van der Waals surface area (Å²) >= 11 is 0. The molecule has 3 rings (SSSR count). The number of hydrogen-bond donors (Lipinski definition) is 4. The first kappa shape index (κ1) is 24.0. The summed E-state index contributed by atoms with van der Waals surface area (Å²) in [6.45, 7) is 2.11. The van der Waals surface area contributed by atoms with Gasteiger partial charge in [-0.05, 0) is 61.7 Å². The molecule has 0 radical (unpaired) electrons. The van der Waals surface area contributed by atoms with E-state index >= 15 is 0 Å². The molecule has 2 aromatic rings. The zero-order valence-corrected chi connectivity index (χ0v) is 18.9. The van der Waals surface area contributed by atoms with Gasteiger partial charge < -0.3 is 15.5 Å². The highest BCUT2D eigenvalue weighted by molar-refractivity contribution is 6.12. The van der Waals surface area contributed by atoms with E-state index < -0.39 is 23.3 Å². The first-order valence-corrected chi connectivity index (χ1v) is 10.7. The molecule has 8 heteroatoms. The summed E-state index contributed by atoms with van der Waals surface area (Å²) in [5.41, 5.74) is 2.62. The van der Waals surface area contributed by atoms with Crippen molar-refractivity contribution in [1.29, 1.82) is 0 Å². The van der Waals surface area contributed by atoms with Crippen molar-refractivity contribution in [3.05, 3.63) is 70.8 Å². The maximum absolute atomic E-state index is 12.9. The average Bonchev–Trinajstić information content (AvgIpc) is 3.69. The van der Waals surface area contributed by atoms with Gasteiger partial charge in [0.2, 0.25) is 0 Å². The molecule has 0 saturated heterocycles. The third kappa shape index (κ3) is 5.58. The molecule has 0 spiro atoms. The first-order chi connectivity index (χ1) is 15.8. The van der Waals surface area contributed by atoms with Crippen LogP contribution in [0.4, 0.5) is 0 Å². The lowest BCUT2D eigenvalue weighted by Gasteiger charge is -2.34. The van der Waals surface area contributed by atoms with Gasteiger partial charge in [-0.25, -0.2) is 5.48 Å². The molecule has 0 aliphatic heterocycles. The van der Waals surface area contributed by atoms with Gasteiger partial charge in [-0.1, -0.05) is 24.0 Å². The number of nitrogens with one attached hydrogen (secondary N) is 3. The van der Waals surface area contributed by atoms with Crippen molar-refractivity contribution in [3.63, 3.8) is 0 Å². The highest BCUT2D eigenvalue weighted by atomic mass is 16.5. The van der Waals surface area contributed by atoms with E-state index in [2.05, 4.69) is 34.6 Å². The van der Waals surface area contributed by atoms with Crippen LogP contribution >= 0.6 is 0 Å². The number of likely N-dealkylation sites (N-methyl/N-ethyl adjacent to an activating group) is 2. The molecule has 1 saturated carbocycles. The van der Waals surface area contributed by atoms with E-state index in [4.69, 9.17) is 5.21 Å². The zero-order valence-electron chi connectivity index (χ0n) is 18.9. The van der Waals surface area contributed by atoms with Crippen molar-refractivity contribution < 1.29 is 19.6 Å². The van der Waals surface area contributed by atoms with Gasteiger partial charge in [0.1, 0.15) is 0 Å². The Morgan fingerprint density at radius 3 is 2.03 bits per heavy atom. The van der Waals surface area contributed by atoms with Gasteiger partial charge in [-0.2, -0.15) is 0 Å². The Kier molecular flexibility index (Phi) is 7.48. The van der Waals surface area contributed by atoms with E-state index in [1.54, 1.807) is 24.3 Å². The summed E-state index contributed by atoms with van der Waals surface area (Å²) in [6.07, 6.45) is 2.52. The normalized spacial score (nSPS) is 14.3. The Morgan fingerprint density at radius 1 is 1.00 bits per heavy atom. The van der Waals surface area contributed by atoms with Crippen LogP contribution in [0.25, 0.3) is 0 Å². The predicted octanol–water partition coefficient (Wildman–Crippen LogP) is 1.42. The number of nitrogens with zero attached hydrogens (tertiary/aromatic N) is 1. The highest BCUT2D eigenvalue weighted by Crippen LogP contribution is 2.20. The molecule has 1 aliphatic rings. The van der Waals surface area contributed by atoms with E-state index in [0.717, 1.165) is 22.6 Å². The van der Waals surface area contributed by atoms with Gasteiger partial charge in [0, 0.05) is 43.4 Å². The van der Waals surface area contributed by atoms with Crippen LogP contribution < -0.4 is 16.1 Å². The van der Waals surface area contributed by atoms with E-state index in [9.17, 15) is 14.4 Å². The SMILES string of the molecule is CNC(=O)C(C)(C(=O)NO)N(C)C(=O)c1ccc(C#Cc2ccc(CNC3CC3)cc2)cc1. The zero-order chi connectivity index (χ0) is 24.0. The monoisotopic (exact) mass is 448 g/mol. The summed E-state index contributed by atoms with van der Waals surface area (Å²) in [5.74, 6) is 3.87. The standard InChI is InChI=1S/C25H28N4O4/c1-25(23(31)26-2,24(32)28-33)29(3)22(30)20-12-10-18(11-13-20)5-4-17-6-8-19(9-7-17)16-27-21-14-15-21/h6-13,21,27,33H,14-16H2,1-3H3,(H,26,31)(H,28,32). The number of rotatable bonds is 7. The fourth-order valence-corrected chi connectivity index (χ4v) is 3.25. The third-order valence-electron chi connectivity index (χ3n) is 5.80. The minimum atomic E-state index is -1.93. The Labute approximate surface area is 193 Å². The Morgan fingerprint density at radius 2 is 1.55 bits per heavy atom. The fourth-order valence-electron chi connectivity index (χ4n) is 3.25. The van der Waals surface area contributed by atoms with Crippen LogP contribution in [-0.4, -0.2) is 53.5 Å². The average molecular weight is 449 g/mol. The van der Waals surface area contributed by atoms with Crippen LogP contribution in [0.1, 0.15) is 46.8 Å². The van der Waals surface area contributed by atoms with Crippen molar-refractivity contribution in [3.8, 4) is 11.8 Å². The Bertz CT molecular complexity index is 1060. The van der Waals surface area contributed by atoms with E-state index in [1.807, 2.05) is 12.1 Å². The molecule has 33 heavy (non-hydrogen) atoms. The third-order valence-corrected chi connectivity index (χ3v) is 5.80. The quantitative estimate of drug-likeness (QED) is 0.222. The van der Waals surface area contributed by atoms with Crippen LogP contribution in [0.2, 0.25) is 0 Å². The molecule has 1 unspecified atom stereocenters. The first-order valence-electron chi connectivity index (χ1n) is 10.7. The number of hydroxylamine groups is 1. The molecule has 8 nitrogen and oxygen atoms in total. The lowest BCUT2D eigenvalue weighted by Crippen LogP contribution is -2.64. The van der Waals surface area contributed by atoms with Gasteiger partial charge in [0.25, 0.3) is 17.7 Å². The lowest BCUT2D eigenvalue weighted by molar-refractivity contribution is -0.148. The van der Waals surface area contributed by atoms with Gasteiger partial charge in [0.05, 0.1) is 0 Å². The summed E-state index contributed by atoms with van der Waals surface area (Å²) in [7, 11) is 2.67. The van der Waals surface area contributed by atoms with Crippen LogP contribution in [-0.2, 0) is 16.1 Å². The molecular weight excluding hydrogens is 420 g/mol. The molecule has 0 aromatic heterocycles. The molecule has 1 fully saturated rings. The second kappa shape index (κ2) is 10.3. The minimum absolute atomic E-state index is 0.274.